The lowest BCUT2D eigenvalue weighted by Gasteiger charge is -2.28. The Morgan fingerprint density at radius 1 is 1.30 bits per heavy atom. The van der Waals surface area contributed by atoms with Crippen LogP contribution in [-0.4, -0.2) is 23.8 Å². The van der Waals surface area contributed by atoms with Crippen LogP contribution in [0.3, 0.4) is 0 Å². The fraction of sp³-hybridized carbons (Fsp3) is 0.632. The number of rotatable bonds is 8. The molecule has 1 aliphatic carbocycles. The molecule has 128 valence electrons. The summed E-state index contributed by atoms with van der Waals surface area (Å²) in [6.07, 6.45) is 9.17. The minimum Gasteiger partial charge on any atom is -0.478 e. The van der Waals surface area contributed by atoms with E-state index >= 15 is 0 Å². The third-order valence-electron chi connectivity index (χ3n) is 4.75. The monoisotopic (exact) mass is 322 g/mol. The highest BCUT2D eigenvalue weighted by Crippen LogP contribution is 2.29. The first-order chi connectivity index (χ1) is 11.1. The molecule has 0 aliphatic heterocycles. The molecule has 2 rings (SSSR count). The third-order valence-corrected chi connectivity index (χ3v) is 4.75. The van der Waals surface area contributed by atoms with Crippen molar-refractivity contribution < 1.29 is 19.0 Å². The summed E-state index contributed by atoms with van der Waals surface area (Å²) < 4.78 is 19.5. The van der Waals surface area contributed by atoms with E-state index in [0.717, 1.165) is 44.3 Å². The van der Waals surface area contributed by atoms with Crippen LogP contribution in [0.25, 0.3) is 0 Å². The predicted molar refractivity (Wildman–Crippen MR) is 88.3 cm³/mol. The number of halogens is 1. The van der Waals surface area contributed by atoms with Gasteiger partial charge in [-0.2, -0.15) is 0 Å². The Balaban J connectivity index is 1.73. The second-order valence-corrected chi connectivity index (χ2v) is 6.53. The first kappa shape index (κ1) is 17.9. The van der Waals surface area contributed by atoms with E-state index in [1.165, 1.54) is 31.4 Å². The van der Waals surface area contributed by atoms with Crippen LogP contribution in [-0.2, 0) is 11.2 Å². The van der Waals surface area contributed by atoms with Gasteiger partial charge in [-0.05, 0) is 68.6 Å². The first-order valence-corrected chi connectivity index (χ1v) is 8.73. The van der Waals surface area contributed by atoms with Crippen molar-refractivity contribution in [3.8, 4) is 0 Å². The summed E-state index contributed by atoms with van der Waals surface area (Å²) in [5, 5.41) is 8.84. The van der Waals surface area contributed by atoms with Crippen molar-refractivity contribution in [1.82, 2.24) is 0 Å². The first-order valence-electron chi connectivity index (χ1n) is 8.73. The van der Waals surface area contributed by atoms with Crippen molar-refractivity contribution in [2.75, 3.05) is 6.61 Å². The van der Waals surface area contributed by atoms with E-state index < -0.39 is 11.8 Å². The summed E-state index contributed by atoms with van der Waals surface area (Å²) >= 11 is 0. The molecule has 0 heterocycles. The molecule has 1 aromatic carbocycles. The average Bonchev–Trinajstić information content (AvgIpc) is 2.54. The van der Waals surface area contributed by atoms with E-state index in [0.29, 0.717) is 12.0 Å². The quantitative estimate of drug-likeness (QED) is 0.697. The molecular weight excluding hydrogens is 295 g/mol. The smallest absolute Gasteiger partial charge is 0.338 e. The average molecular weight is 322 g/mol. The number of unbranched alkanes of at least 4 members (excludes halogenated alkanes) is 1. The molecule has 3 nitrogen and oxygen atoms in total. The maximum atomic E-state index is 13.7. The highest BCUT2D eigenvalue weighted by atomic mass is 19.1. The number of carbonyl (C=O) groups is 1. The Morgan fingerprint density at radius 2 is 2.04 bits per heavy atom. The Kier molecular flexibility index (Phi) is 7.03. The van der Waals surface area contributed by atoms with Gasteiger partial charge in [-0.25, -0.2) is 9.18 Å². The lowest BCUT2D eigenvalue weighted by molar-refractivity contribution is 0.0159. The molecule has 23 heavy (non-hydrogen) atoms. The molecule has 1 fully saturated rings. The number of carboxylic acids is 1. The number of aromatic carboxylic acids is 1. The number of hydrogen-bond donors (Lipinski definition) is 1. The molecule has 4 heteroatoms. The van der Waals surface area contributed by atoms with Crippen molar-refractivity contribution in [2.24, 2.45) is 5.92 Å². The van der Waals surface area contributed by atoms with Crippen molar-refractivity contribution in [2.45, 2.75) is 64.4 Å². The minimum absolute atomic E-state index is 0.251. The fourth-order valence-corrected chi connectivity index (χ4v) is 3.24. The molecule has 1 aliphatic rings. The molecular formula is C19H27FO3. The van der Waals surface area contributed by atoms with Gasteiger partial charge in [0.1, 0.15) is 5.82 Å². The van der Waals surface area contributed by atoms with E-state index in [4.69, 9.17) is 9.84 Å². The molecule has 1 N–H and O–H groups in total. The fourth-order valence-electron chi connectivity index (χ4n) is 3.24. The largest absolute Gasteiger partial charge is 0.478 e. The minimum atomic E-state index is -1.21. The normalized spacial score (nSPS) is 21.3. The molecule has 1 saturated carbocycles. The van der Waals surface area contributed by atoms with Gasteiger partial charge in [0.2, 0.25) is 0 Å². The highest BCUT2D eigenvalue weighted by Gasteiger charge is 2.21. The van der Waals surface area contributed by atoms with E-state index in [1.807, 2.05) is 0 Å². The lowest BCUT2D eigenvalue weighted by Crippen LogP contribution is -2.22. The van der Waals surface area contributed by atoms with Gasteiger partial charge in [-0.15, -0.1) is 0 Å². The number of carboxylic acid groups (broad SMARTS) is 1. The van der Waals surface area contributed by atoms with Gasteiger partial charge in [0.25, 0.3) is 0 Å². The van der Waals surface area contributed by atoms with Gasteiger partial charge in [0, 0.05) is 6.61 Å². The Morgan fingerprint density at radius 3 is 2.65 bits per heavy atom. The van der Waals surface area contributed by atoms with Crippen LogP contribution < -0.4 is 0 Å². The lowest BCUT2D eigenvalue weighted by atomic mass is 9.83. The van der Waals surface area contributed by atoms with E-state index in [9.17, 15) is 9.18 Å². The van der Waals surface area contributed by atoms with E-state index in [1.54, 1.807) is 6.07 Å². The Bertz CT molecular complexity index is 507. The number of benzene rings is 1. The maximum absolute atomic E-state index is 13.7. The van der Waals surface area contributed by atoms with Crippen molar-refractivity contribution in [3.05, 3.63) is 35.1 Å². The summed E-state index contributed by atoms with van der Waals surface area (Å²) in [7, 11) is 0. The van der Waals surface area contributed by atoms with Crippen molar-refractivity contribution in [3.63, 3.8) is 0 Å². The van der Waals surface area contributed by atoms with Crippen LogP contribution >= 0.6 is 0 Å². The molecule has 1 aromatic rings. The zero-order chi connectivity index (χ0) is 16.7. The Labute approximate surface area is 137 Å². The number of aryl methyl sites for hydroxylation is 1. The second-order valence-electron chi connectivity index (χ2n) is 6.53. The number of hydrogen-bond acceptors (Lipinski definition) is 2. The molecule has 0 spiro atoms. The summed E-state index contributed by atoms with van der Waals surface area (Å²) in [6.45, 7) is 3.05. The summed E-state index contributed by atoms with van der Waals surface area (Å²) in [5.41, 5.74) is 0.632. The van der Waals surface area contributed by atoms with E-state index in [-0.39, 0.29) is 5.56 Å². The second kappa shape index (κ2) is 9.02. The van der Waals surface area contributed by atoms with Gasteiger partial charge in [0.05, 0.1) is 11.7 Å². The van der Waals surface area contributed by atoms with E-state index in [2.05, 4.69) is 6.92 Å². The van der Waals surface area contributed by atoms with Crippen LogP contribution in [0.2, 0.25) is 0 Å². The van der Waals surface area contributed by atoms with Gasteiger partial charge in [0.15, 0.2) is 0 Å². The molecule has 0 saturated heterocycles. The number of ether oxygens (including phenoxy) is 1. The molecule has 0 aromatic heterocycles. The van der Waals surface area contributed by atoms with Crippen LogP contribution in [0.5, 0.6) is 0 Å². The van der Waals surface area contributed by atoms with Gasteiger partial charge in [-0.1, -0.05) is 19.4 Å². The summed E-state index contributed by atoms with van der Waals surface area (Å²) in [5.74, 6) is -1.18. The molecule has 0 atom stereocenters. The third kappa shape index (κ3) is 5.61. The van der Waals surface area contributed by atoms with Crippen LogP contribution in [0, 0.1) is 11.7 Å². The SMILES string of the molecule is CCCCO[C@H]1CC[C@H](CCc2ccc(C(=O)O)c(F)c2)CC1. The molecule has 0 bridgehead atoms. The van der Waals surface area contributed by atoms with Crippen molar-refractivity contribution >= 4 is 5.97 Å². The van der Waals surface area contributed by atoms with Gasteiger partial charge < -0.3 is 9.84 Å². The standard InChI is InChI=1S/C19H27FO3/c1-2-3-12-23-16-9-6-14(7-10-16)4-5-15-8-11-17(19(21)22)18(20)13-15/h8,11,13-14,16H,2-7,9-10,12H2,1H3,(H,21,22)/t14-,16-. The summed E-state index contributed by atoms with van der Waals surface area (Å²) in [4.78, 5) is 10.8. The van der Waals surface area contributed by atoms with Crippen molar-refractivity contribution in [1.29, 1.82) is 0 Å². The zero-order valence-electron chi connectivity index (χ0n) is 13.9. The van der Waals surface area contributed by atoms with Crippen LogP contribution in [0.4, 0.5) is 4.39 Å². The predicted octanol–water partition coefficient (Wildman–Crippen LogP) is 4.83. The maximum Gasteiger partial charge on any atom is 0.338 e. The zero-order valence-corrected chi connectivity index (χ0v) is 13.9. The molecule has 0 radical (unpaired) electrons. The van der Waals surface area contributed by atoms with Crippen LogP contribution in [0.15, 0.2) is 18.2 Å². The van der Waals surface area contributed by atoms with Crippen LogP contribution in [0.1, 0.15) is 67.8 Å². The molecule has 0 amide bonds. The summed E-state index contributed by atoms with van der Waals surface area (Å²) in [6, 6.07) is 4.46. The topological polar surface area (TPSA) is 46.5 Å². The van der Waals surface area contributed by atoms with Gasteiger partial charge in [-0.3, -0.25) is 0 Å². The Hall–Kier alpha value is -1.42. The highest BCUT2D eigenvalue weighted by molar-refractivity contribution is 5.87. The molecule has 0 unspecified atom stereocenters. The van der Waals surface area contributed by atoms with Gasteiger partial charge >= 0.3 is 5.97 Å².